The highest BCUT2D eigenvalue weighted by molar-refractivity contribution is 5.85. The minimum absolute atomic E-state index is 0.261. The number of nitrogens with zero attached hydrogens (tertiary/aromatic N) is 2. The van der Waals surface area contributed by atoms with E-state index in [1.165, 1.54) is 34.3 Å². The van der Waals surface area contributed by atoms with Crippen LogP contribution in [0.2, 0.25) is 0 Å². The molecule has 2 N–H and O–H groups in total. The number of hydrogen-bond donors (Lipinski definition) is 2. The van der Waals surface area contributed by atoms with Crippen molar-refractivity contribution in [3.63, 3.8) is 0 Å². The topological polar surface area (TPSA) is 42.5 Å². The van der Waals surface area contributed by atoms with Crippen LogP contribution < -0.4 is 0 Å². The molecule has 1 fully saturated rings. The number of hydrogen-bond acceptors (Lipinski definition) is 3. The van der Waals surface area contributed by atoms with Gasteiger partial charge in [-0.1, -0.05) is 30.3 Å². The number of aromatic nitrogens is 1. The van der Waals surface area contributed by atoms with Crippen molar-refractivity contribution >= 4 is 10.9 Å². The number of aliphatic hydroxyl groups is 1. The fourth-order valence-corrected chi connectivity index (χ4v) is 5.03. The van der Waals surface area contributed by atoms with E-state index in [1.807, 2.05) is 0 Å². The molecule has 5 heteroatoms. The zero-order valence-electron chi connectivity index (χ0n) is 16.6. The first-order valence-corrected chi connectivity index (χ1v) is 10.7. The summed E-state index contributed by atoms with van der Waals surface area (Å²) in [5.74, 6) is -0.261. The smallest absolute Gasteiger partial charge is 0.123 e. The van der Waals surface area contributed by atoms with Crippen molar-refractivity contribution in [2.45, 2.75) is 31.4 Å². The summed E-state index contributed by atoms with van der Waals surface area (Å²) in [7, 11) is 0. The molecular weight excluding hydrogens is 365 g/mol. The number of H-pyrrole nitrogens is 1. The van der Waals surface area contributed by atoms with Crippen LogP contribution in [0, 0.1) is 5.82 Å². The van der Waals surface area contributed by atoms with Crippen LogP contribution in [0.3, 0.4) is 0 Å². The molecule has 5 rings (SSSR count). The first-order chi connectivity index (χ1) is 14.2. The van der Waals surface area contributed by atoms with Gasteiger partial charge >= 0.3 is 0 Å². The third-order valence-electron chi connectivity index (χ3n) is 6.59. The van der Waals surface area contributed by atoms with Gasteiger partial charge in [-0.3, -0.25) is 4.90 Å². The van der Waals surface area contributed by atoms with Gasteiger partial charge in [-0.25, -0.2) is 4.39 Å². The highest BCUT2D eigenvalue weighted by atomic mass is 19.1. The molecule has 3 aromatic rings. The van der Waals surface area contributed by atoms with Gasteiger partial charge in [0.1, 0.15) is 5.82 Å². The van der Waals surface area contributed by atoms with E-state index in [1.54, 1.807) is 12.1 Å². The molecule has 1 saturated heterocycles. The van der Waals surface area contributed by atoms with Crippen LogP contribution in [0.25, 0.3) is 10.9 Å². The lowest BCUT2D eigenvalue weighted by Crippen LogP contribution is -2.50. The van der Waals surface area contributed by atoms with Crippen LogP contribution in [0.5, 0.6) is 0 Å². The largest absolute Gasteiger partial charge is 0.388 e. The number of rotatable bonds is 5. The first kappa shape index (κ1) is 18.8. The Kier molecular flexibility index (Phi) is 5.12. The highest BCUT2D eigenvalue weighted by Gasteiger charge is 2.34. The molecule has 1 aromatic heterocycles. The van der Waals surface area contributed by atoms with Gasteiger partial charge in [0.05, 0.1) is 6.10 Å². The second-order valence-electron chi connectivity index (χ2n) is 8.37. The summed E-state index contributed by atoms with van der Waals surface area (Å²) in [5, 5.41) is 11.8. The standard InChI is InChI=1S/C24H28FN3O/c25-18-9-7-17(8-10-18)23(29)6-3-12-27-14-15-28-13-11-21-24(22(28)16-27)19-4-1-2-5-20(19)26-21/h1-2,4-5,7-10,22-23,26,29H,3,6,11-16H2/t22-,23-/m0/s1. The van der Waals surface area contributed by atoms with Crippen LogP contribution in [0.15, 0.2) is 48.5 Å². The summed E-state index contributed by atoms with van der Waals surface area (Å²) in [5.41, 5.74) is 4.94. The van der Waals surface area contributed by atoms with Gasteiger partial charge in [0, 0.05) is 55.2 Å². The number of piperazine rings is 1. The van der Waals surface area contributed by atoms with Crippen molar-refractivity contribution in [3.8, 4) is 0 Å². The Morgan fingerprint density at radius 1 is 1.07 bits per heavy atom. The molecule has 152 valence electrons. The molecule has 0 aliphatic carbocycles. The number of benzene rings is 2. The van der Waals surface area contributed by atoms with Crippen molar-refractivity contribution in [2.75, 3.05) is 32.7 Å². The number of aliphatic hydroxyl groups excluding tert-OH is 1. The lowest BCUT2D eigenvalue weighted by atomic mass is 9.93. The minimum atomic E-state index is -0.521. The summed E-state index contributed by atoms with van der Waals surface area (Å²) in [6.07, 6.45) is 2.22. The lowest BCUT2D eigenvalue weighted by molar-refractivity contribution is 0.0634. The fraction of sp³-hybridized carbons (Fsp3) is 0.417. The SMILES string of the molecule is O[C@@H](CCCN1CCN2CCc3[nH]c4ccccc4c3[C@@H]2C1)c1ccc(F)cc1. The lowest BCUT2D eigenvalue weighted by Gasteiger charge is -2.44. The predicted molar refractivity (Wildman–Crippen MR) is 113 cm³/mol. The molecule has 0 spiro atoms. The van der Waals surface area contributed by atoms with E-state index in [4.69, 9.17) is 0 Å². The first-order valence-electron chi connectivity index (χ1n) is 10.7. The van der Waals surface area contributed by atoms with Crippen molar-refractivity contribution in [1.82, 2.24) is 14.8 Å². The summed E-state index contributed by atoms with van der Waals surface area (Å²) >= 11 is 0. The van der Waals surface area contributed by atoms with Crippen molar-refractivity contribution in [3.05, 3.63) is 71.2 Å². The van der Waals surface area contributed by atoms with E-state index in [-0.39, 0.29) is 5.82 Å². The van der Waals surface area contributed by atoms with Gasteiger partial charge in [0.25, 0.3) is 0 Å². The third-order valence-corrected chi connectivity index (χ3v) is 6.59. The predicted octanol–water partition coefficient (Wildman–Crippen LogP) is 4.04. The molecule has 3 heterocycles. The molecule has 2 aromatic carbocycles. The quantitative estimate of drug-likeness (QED) is 0.688. The molecule has 2 atom stereocenters. The Morgan fingerprint density at radius 3 is 2.76 bits per heavy atom. The second kappa shape index (κ2) is 7.90. The summed E-state index contributed by atoms with van der Waals surface area (Å²) < 4.78 is 13.1. The molecule has 0 radical (unpaired) electrons. The molecule has 4 nitrogen and oxygen atoms in total. The van der Waals surface area contributed by atoms with Gasteiger partial charge in [-0.2, -0.15) is 0 Å². The number of aromatic amines is 1. The summed E-state index contributed by atoms with van der Waals surface area (Å²) in [6.45, 7) is 5.34. The van der Waals surface area contributed by atoms with Gasteiger partial charge in [-0.05, 0) is 48.7 Å². The third kappa shape index (κ3) is 3.70. The minimum Gasteiger partial charge on any atom is -0.388 e. The Bertz CT molecular complexity index is 983. The van der Waals surface area contributed by atoms with Crippen LogP contribution in [0.1, 0.15) is 41.8 Å². The Labute approximate surface area is 170 Å². The zero-order valence-corrected chi connectivity index (χ0v) is 16.6. The molecule has 0 unspecified atom stereocenters. The number of halogens is 1. The van der Waals surface area contributed by atoms with Gasteiger partial charge < -0.3 is 15.0 Å². The number of para-hydroxylation sites is 1. The van der Waals surface area contributed by atoms with Crippen molar-refractivity contribution in [1.29, 1.82) is 0 Å². The summed E-state index contributed by atoms with van der Waals surface area (Å²) in [6, 6.07) is 15.3. The van der Waals surface area contributed by atoms with Crippen LogP contribution >= 0.6 is 0 Å². The Balaban J connectivity index is 1.23. The average molecular weight is 394 g/mol. The van der Waals surface area contributed by atoms with E-state index >= 15 is 0 Å². The van der Waals surface area contributed by atoms with E-state index in [9.17, 15) is 9.50 Å². The Hall–Kier alpha value is -2.21. The second-order valence-corrected chi connectivity index (χ2v) is 8.37. The molecule has 0 saturated carbocycles. The fourth-order valence-electron chi connectivity index (χ4n) is 5.03. The normalized spacial score (nSPS) is 21.1. The molecular formula is C24H28FN3O. The molecule has 2 aliphatic rings. The van der Waals surface area contributed by atoms with Crippen LogP contribution in [0.4, 0.5) is 4.39 Å². The maximum absolute atomic E-state index is 13.1. The highest BCUT2D eigenvalue weighted by Crippen LogP contribution is 2.37. The molecule has 29 heavy (non-hydrogen) atoms. The Morgan fingerprint density at radius 2 is 1.90 bits per heavy atom. The van der Waals surface area contributed by atoms with Crippen molar-refractivity contribution < 1.29 is 9.50 Å². The number of nitrogens with one attached hydrogen (secondary N) is 1. The monoisotopic (exact) mass is 393 g/mol. The van der Waals surface area contributed by atoms with E-state index in [0.717, 1.165) is 51.1 Å². The summed E-state index contributed by atoms with van der Waals surface area (Å²) in [4.78, 5) is 8.81. The molecule has 0 amide bonds. The van der Waals surface area contributed by atoms with E-state index < -0.39 is 6.10 Å². The maximum atomic E-state index is 13.1. The number of fused-ring (bicyclic) bond motifs is 5. The van der Waals surface area contributed by atoms with Crippen LogP contribution in [-0.4, -0.2) is 52.6 Å². The average Bonchev–Trinajstić information content (AvgIpc) is 3.13. The maximum Gasteiger partial charge on any atom is 0.123 e. The van der Waals surface area contributed by atoms with Gasteiger partial charge in [-0.15, -0.1) is 0 Å². The van der Waals surface area contributed by atoms with Gasteiger partial charge in [0.2, 0.25) is 0 Å². The van der Waals surface area contributed by atoms with Crippen molar-refractivity contribution in [2.24, 2.45) is 0 Å². The molecule has 2 aliphatic heterocycles. The zero-order chi connectivity index (χ0) is 19.8. The van der Waals surface area contributed by atoms with E-state index in [0.29, 0.717) is 12.5 Å². The molecule has 0 bridgehead atoms. The van der Waals surface area contributed by atoms with Gasteiger partial charge in [0.15, 0.2) is 0 Å². The van der Waals surface area contributed by atoms with E-state index in [2.05, 4.69) is 39.0 Å². The van der Waals surface area contributed by atoms with Crippen LogP contribution in [-0.2, 0) is 6.42 Å².